The van der Waals surface area contributed by atoms with Gasteiger partial charge in [-0.15, -0.1) is 0 Å². The summed E-state index contributed by atoms with van der Waals surface area (Å²) in [6.45, 7) is 5.63. The summed E-state index contributed by atoms with van der Waals surface area (Å²) in [6.07, 6.45) is 2.16. The molecule has 1 saturated heterocycles. The summed E-state index contributed by atoms with van der Waals surface area (Å²) in [5.74, 6) is -0.430. The van der Waals surface area contributed by atoms with E-state index in [1.165, 1.54) is 11.1 Å². The van der Waals surface area contributed by atoms with Crippen LogP contribution in [0.3, 0.4) is 0 Å². The first-order valence-corrected chi connectivity index (χ1v) is 7.93. The summed E-state index contributed by atoms with van der Waals surface area (Å²) < 4.78 is 0. The SMILES string of the molecule is CC(C)(CN1CCC2(CC1)C(=O)Cc1ccccc12)C(=O)O. The number of carboxylic acids is 1. The molecule has 0 unspecified atom stereocenters. The Morgan fingerprint density at radius 3 is 2.55 bits per heavy atom. The van der Waals surface area contributed by atoms with Crippen molar-refractivity contribution in [1.29, 1.82) is 0 Å². The second kappa shape index (κ2) is 5.20. The maximum absolute atomic E-state index is 12.6. The van der Waals surface area contributed by atoms with Crippen molar-refractivity contribution in [2.75, 3.05) is 19.6 Å². The van der Waals surface area contributed by atoms with Crippen LogP contribution >= 0.6 is 0 Å². The van der Waals surface area contributed by atoms with E-state index in [0.29, 0.717) is 18.7 Å². The lowest BCUT2D eigenvalue weighted by atomic mass is 9.73. The van der Waals surface area contributed by atoms with Crippen LogP contribution in [0.5, 0.6) is 0 Å². The highest BCUT2D eigenvalue weighted by atomic mass is 16.4. The Bertz CT molecular complexity index is 613. The number of aliphatic carboxylic acids is 1. The molecule has 1 heterocycles. The minimum atomic E-state index is -0.768. The highest BCUT2D eigenvalue weighted by Gasteiger charge is 2.48. The van der Waals surface area contributed by atoms with E-state index in [4.69, 9.17) is 0 Å². The van der Waals surface area contributed by atoms with Crippen molar-refractivity contribution in [1.82, 2.24) is 4.90 Å². The molecule has 3 rings (SSSR count). The average molecular weight is 301 g/mol. The number of likely N-dealkylation sites (tertiary alicyclic amines) is 1. The molecule has 2 aliphatic rings. The molecule has 1 aromatic carbocycles. The molecular formula is C18H23NO3. The quantitative estimate of drug-likeness (QED) is 0.930. The van der Waals surface area contributed by atoms with Crippen LogP contribution < -0.4 is 0 Å². The van der Waals surface area contributed by atoms with Gasteiger partial charge in [-0.1, -0.05) is 24.3 Å². The fraction of sp³-hybridized carbons (Fsp3) is 0.556. The van der Waals surface area contributed by atoms with Gasteiger partial charge in [-0.05, 0) is 50.9 Å². The highest BCUT2D eigenvalue weighted by molar-refractivity contribution is 5.96. The Hall–Kier alpha value is -1.68. The van der Waals surface area contributed by atoms with Gasteiger partial charge in [-0.3, -0.25) is 9.59 Å². The van der Waals surface area contributed by atoms with Crippen LogP contribution in [0.15, 0.2) is 24.3 Å². The van der Waals surface area contributed by atoms with Crippen molar-refractivity contribution in [3.8, 4) is 0 Å². The topological polar surface area (TPSA) is 57.6 Å². The number of nitrogens with zero attached hydrogens (tertiary/aromatic N) is 1. The number of carbonyl (C=O) groups excluding carboxylic acids is 1. The number of rotatable bonds is 3. The summed E-state index contributed by atoms with van der Waals surface area (Å²) in [6, 6.07) is 8.16. The summed E-state index contributed by atoms with van der Waals surface area (Å²) in [4.78, 5) is 26.1. The molecule has 0 aromatic heterocycles. The van der Waals surface area contributed by atoms with Gasteiger partial charge < -0.3 is 10.0 Å². The fourth-order valence-electron chi connectivity index (χ4n) is 3.90. The van der Waals surface area contributed by atoms with E-state index in [2.05, 4.69) is 17.0 Å². The van der Waals surface area contributed by atoms with E-state index in [-0.39, 0.29) is 5.41 Å². The standard InChI is InChI=1S/C18H23NO3/c1-17(2,16(21)22)12-19-9-7-18(8-10-19)14-6-4-3-5-13(14)11-15(18)20/h3-6H,7-12H2,1-2H3,(H,21,22). The van der Waals surface area contributed by atoms with Crippen LogP contribution in [0.25, 0.3) is 0 Å². The number of fused-ring (bicyclic) bond motifs is 2. The molecule has 4 heteroatoms. The number of hydrogen-bond donors (Lipinski definition) is 1. The molecule has 1 fully saturated rings. The third-order valence-electron chi connectivity index (χ3n) is 5.33. The molecular weight excluding hydrogens is 278 g/mol. The van der Waals surface area contributed by atoms with Crippen LogP contribution in [-0.2, 0) is 21.4 Å². The average Bonchev–Trinajstić information content (AvgIpc) is 2.74. The molecule has 0 saturated carbocycles. The van der Waals surface area contributed by atoms with Crippen molar-refractivity contribution in [2.45, 2.75) is 38.5 Å². The van der Waals surface area contributed by atoms with Crippen molar-refractivity contribution >= 4 is 11.8 Å². The predicted octanol–water partition coefficient (Wildman–Crippen LogP) is 2.26. The van der Waals surface area contributed by atoms with Crippen molar-refractivity contribution in [3.05, 3.63) is 35.4 Å². The molecule has 1 aliphatic heterocycles. The van der Waals surface area contributed by atoms with E-state index in [0.717, 1.165) is 25.9 Å². The molecule has 1 aromatic rings. The third-order valence-corrected chi connectivity index (χ3v) is 5.33. The second-order valence-corrected chi connectivity index (χ2v) is 7.30. The number of piperidine rings is 1. The minimum absolute atomic E-state index is 0.319. The molecule has 0 radical (unpaired) electrons. The zero-order valence-corrected chi connectivity index (χ0v) is 13.3. The Labute approximate surface area is 131 Å². The molecule has 0 amide bonds. The van der Waals surface area contributed by atoms with Crippen molar-refractivity contribution in [2.24, 2.45) is 5.41 Å². The molecule has 1 N–H and O–H groups in total. The molecule has 4 nitrogen and oxygen atoms in total. The lowest BCUT2D eigenvalue weighted by molar-refractivity contribution is -0.148. The molecule has 1 spiro atoms. The number of hydrogen-bond acceptors (Lipinski definition) is 3. The number of carbonyl (C=O) groups is 2. The minimum Gasteiger partial charge on any atom is -0.481 e. The van der Waals surface area contributed by atoms with Gasteiger partial charge in [0.2, 0.25) is 0 Å². The number of benzene rings is 1. The Balaban J connectivity index is 1.75. The summed E-state index contributed by atoms with van der Waals surface area (Å²) >= 11 is 0. The van der Waals surface area contributed by atoms with Gasteiger partial charge >= 0.3 is 5.97 Å². The van der Waals surface area contributed by atoms with Gasteiger partial charge in [-0.2, -0.15) is 0 Å². The van der Waals surface area contributed by atoms with Gasteiger partial charge in [0.1, 0.15) is 5.78 Å². The zero-order chi connectivity index (χ0) is 16.0. The van der Waals surface area contributed by atoms with Gasteiger partial charge in [-0.25, -0.2) is 0 Å². The Kier molecular flexibility index (Phi) is 3.60. The summed E-state index contributed by atoms with van der Waals surface area (Å²) in [7, 11) is 0. The van der Waals surface area contributed by atoms with Crippen LogP contribution in [0, 0.1) is 5.41 Å². The molecule has 118 valence electrons. The van der Waals surface area contributed by atoms with Gasteiger partial charge in [0, 0.05) is 13.0 Å². The zero-order valence-electron chi connectivity index (χ0n) is 13.3. The lowest BCUT2D eigenvalue weighted by Gasteiger charge is -2.40. The smallest absolute Gasteiger partial charge is 0.310 e. The lowest BCUT2D eigenvalue weighted by Crippen LogP contribution is -2.49. The predicted molar refractivity (Wildman–Crippen MR) is 83.9 cm³/mol. The van der Waals surface area contributed by atoms with Crippen LogP contribution in [0.1, 0.15) is 37.8 Å². The fourth-order valence-corrected chi connectivity index (χ4v) is 3.90. The molecule has 1 aliphatic carbocycles. The van der Waals surface area contributed by atoms with Gasteiger partial charge in [0.05, 0.1) is 10.8 Å². The third kappa shape index (κ3) is 2.35. The summed E-state index contributed by atoms with van der Waals surface area (Å²) in [5.41, 5.74) is 1.31. The van der Waals surface area contributed by atoms with Gasteiger partial charge in [0.25, 0.3) is 0 Å². The Morgan fingerprint density at radius 1 is 1.27 bits per heavy atom. The first-order chi connectivity index (χ1) is 10.3. The molecule has 22 heavy (non-hydrogen) atoms. The first kappa shape index (κ1) is 15.2. The monoisotopic (exact) mass is 301 g/mol. The van der Waals surface area contributed by atoms with Crippen molar-refractivity contribution < 1.29 is 14.7 Å². The first-order valence-electron chi connectivity index (χ1n) is 7.93. The maximum Gasteiger partial charge on any atom is 0.310 e. The van der Waals surface area contributed by atoms with E-state index < -0.39 is 11.4 Å². The second-order valence-electron chi connectivity index (χ2n) is 7.30. The van der Waals surface area contributed by atoms with Crippen LogP contribution in [0.2, 0.25) is 0 Å². The normalized spacial score (nSPS) is 21.1. The molecule has 0 bridgehead atoms. The number of ketones is 1. The number of Topliss-reactive ketones (excluding diaryl/α,β-unsaturated/α-hetero) is 1. The van der Waals surface area contributed by atoms with E-state index in [9.17, 15) is 14.7 Å². The molecule has 0 atom stereocenters. The van der Waals surface area contributed by atoms with E-state index in [1.54, 1.807) is 13.8 Å². The maximum atomic E-state index is 12.6. The summed E-state index contributed by atoms with van der Waals surface area (Å²) in [5, 5.41) is 9.27. The van der Waals surface area contributed by atoms with Crippen LogP contribution in [0.4, 0.5) is 0 Å². The van der Waals surface area contributed by atoms with Crippen LogP contribution in [-0.4, -0.2) is 41.4 Å². The van der Waals surface area contributed by atoms with Gasteiger partial charge in [0.15, 0.2) is 0 Å². The highest BCUT2D eigenvalue weighted by Crippen LogP contribution is 2.44. The van der Waals surface area contributed by atoms with E-state index in [1.807, 2.05) is 12.1 Å². The van der Waals surface area contributed by atoms with Crippen molar-refractivity contribution in [3.63, 3.8) is 0 Å². The van der Waals surface area contributed by atoms with E-state index >= 15 is 0 Å². The largest absolute Gasteiger partial charge is 0.481 e. The Morgan fingerprint density at radius 2 is 1.91 bits per heavy atom. The number of carboxylic acid groups (broad SMARTS) is 1.